The van der Waals surface area contributed by atoms with E-state index in [0.29, 0.717) is 0 Å². The monoisotopic (exact) mass is 275 g/mol. The van der Waals surface area contributed by atoms with Crippen molar-refractivity contribution in [1.82, 2.24) is 4.90 Å². The molecule has 0 atom stereocenters. The van der Waals surface area contributed by atoms with E-state index in [9.17, 15) is 0 Å². The minimum absolute atomic E-state index is 0.722. The van der Waals surface area contributed by atoms with Crippen molar-refractivity contribution < 1.29 is 4.74 Å². The topological polar surface area (TPSA) is 50.9 Å². The zero-order valence-electron chi connectivity index (χ0n) is 12.3. The highest BCUT2D eigenvalue weighted by molar-refractivity contribution is 5.78. The Morgan fingerprint density at radius 3 is 2.55 bits per heavy atom. The van der Waals surface area contributed by atoms with Crippen molar-refractivity contribution in [1.29, 1.82) is 0 Å². The number of hydrogen-bond acceptors (Lipinski definition) is 2. The molecule has 1 aliphatic rings. The van der Waals surface area contributed by atoms with E-state index in [1.165, 1.54) is 24.8 Å². The molecule has 4 nitrogen and oxygen atoms in total. The summed E-state index contributed by atoms with van der Waals surface area (Å²) in [5.74, 6) is 1.63. The fourth-order valence-corrected chi connectivity index (χ4v) is 2.49. The number of aliphatic imine (C=N–C) groups is 1. The van der Waals surface area contributed by atoms with Crippen LogP contribution in [-0.2, 0) is 6.42 Å². The number of rotatable bonds is 5. The summed E-state index contributed by atoms with van der Waals surface area (Å²) in [5, 5.41) is 0. The Kier molecular flexibility index (Phi) is 5.71. The quantitative estimate of drug-likeness (QED) is 0.510. The van der Waals surface area contributed by atoms with Crippen LogP contribution in [0.2, 0.25) is 0 Å². The lowest BCUT2D eigenvalue weighted by Crippen LogP contribution is -2.40. The molecule has 0 radical (unpaired) electrons. The Morgan fingerprint density at radius 1 is 1.20 bits per heavy atom. The average molecular weight is 275 g/mol. The van der Waals surface area contributed by atoms with Crippen LogP contribution in [0.1, 0.15) is 31.2 Å². The van der Waals surface area contributed by atoms with Crippen molar-refractivity contribution in [2.45, 2.75) is 32.1 Å². The molecule has 0 aliphatic carbocycles. The van der Waals surface area contributed by atoms with E-state index in [1.807, 2.05) is 12.1 Å². The number of benzene rings is 1. The van der Waals surface area contributed by atoms with Gasteiger partial charge in [-0.25, -0.2) is 0 Å². The molecular weight excluding hydrogens is 250 g/mol. The minimum atomic E-state index is 0.722. The van der Waals surface area contributed by atoms with Gasteiger partial charge in [-0.1, -0.05) is 12.1 Å². The third-order valence-corrected chi connectivity index (χ3v) is 3.74. The maximum Gasteiger partial charge on any atom is 0.191 e. The van der Waals surface area contributed by atoms with Crippen LogP contribution in [0.5, 0.6) is 5.75 Å². The van der Waals surface area contributed by atoms with E-state index >= 15 is 0 Å². The SMILES string of the molecule is COc1ccc(CCCN=C(N)N2CCCCC2)cc1. The van der Waals surface area contributed by atoms with Crippen molar-refractivity contribution >= 4 is 5.96 Å². The number of piperidine rings is 1. The summed E-state index contributed by atoms with van der Waals surface area (Å²) in [7, 11) is 1.69. The Hall–Kier alpha value is -1.71. The van der Waals surface area contributed by atoms with Gasteiger partial charge >= 0.3 is 0 Å². The van der Waals surface area contributed by atoms with Crippen molar-refractivity contribution in [2.24, 2.45) is 10.7 Å². The third kappa shape index (κ3) is 4.44. The van der Waals surface area contributed by atoms with E-state index in [2.05, 4.69) is 22.0 Å². The molecule has 1 aromatic carbocycles. The van der Waals surface area contributed by atoms with Crippen LogP contribution in [0.15, 0.2) is 29.3 Å². The highest BCUT2D eigenvalue weighted by atomic mass is 16.5. The maximum absolute atomic E-state index is 6.03. The Morgan fingerprint density at radius 2 is 1.90 bits per heavy atom. The fourth-order valence-electron chi connectivity index (χ4n) is 2.49. The molecule has 110 valence electrons. The van der Waals surface area contributed by atoms with Gasteiger partial charge in [-0.3, -0.25) is 4.99 Å². The molecule has 1 heterocycles. The first-order chi connectivity index (χ1) is 9.79. The smallest absolute Gasteiger partial charge is 0.191 e. The van der Waals surface area contributed by atoms with Gasteiger partial charge in [0.2, 0.25) is 0 Å². The third-order valence-electron chi connectivity index (χ3n) is 3.74. The number of ether oxygens (including phenoxy) is 1. The van der Waals surface area contributed by atoms with Gasteiger partial charge in [0.15, 0.2) is 5.96 Å². The van der Waals surface area contributed by atoms with E-state index in [1.54, 1.807) is 7.11 Å². The molecule has 0 saturated carbocycles. The number of nitrogens with two attached hydrogens (primary N) is 1. The van der Waals surface area contributed by atoms with Crippen molar-refractivity contribution in [2.75, 3.05) is 26.7 Å². The first-order valence-electron chi connectivity index (χ1n) is 7.47. The summed E-state index contributed by atoms with van der Waals surface area (Å²) in [6.07, 6.45) is 5.85. The van der Waals surface area contributed by atoms with Crippen LogP contribution in [0.4, 0.5) is 0 Å². The summed E-state index contributed by atoms with van der Waals surface area (Å²) in [5.41, 5.74) is 7.34. The van der Waals surface area contributed by atoms with Crippen LogP contribution in [0.3, 0.4) is 0 Å². The molecule has 0 bridgehead atoms. The number of aryl methyl sites for hydroxylation is 1. The molecule has 0 aromatic heterocycles. The average Bonchev–Trinajstić information content (AvgIpc) is 2.53. The second-order valence-corrected chi connectivity index (χ2v) is 5.24. The zero-order chi connectivity index (χ0) is 14.2. The highest BCUT2D eigenvalue weighted by Crippen LogP contribution is 2.12. The van der Waals surface area contributed by atoms with Crippen LogP contribution in [0.25, 0.3) is 0 Å². The van der Waals surface area contributed by atoms with E-state index in [0.717, 1.165) is 44.2 Å². The first kappa shape index (κ1) is 14.7. The van der Waals surface area contributed by atoms with Crippen LogP contribution < -0.4 is 10.5 Å². The first-order valence-corrected chi connectivity index (χ1v) is 7.47. The van der Waals surface area contributed by atoms with Crippen LogP contribution in [-0.4, -0.2) is 37.6 Å². The summed E-state index contributed by atoms with van der Waals surface area (Å²) in [6.45, 7) is 2.93. The minimum Gasteiger partial charge on any atom is -0.497 e. The van der Waals surface area contributed by atoms with E-state index < -0.39 is 0 Å². The summed E-state index contributed by atoms with van der Waals surface area (Å²) in [4.78, 5) is 6.70. The van der Waals surface area contributed by atoms with Gasteiger partial charge in [0.1, 0.15) is 5.75 Å². The van der Waals surface area contributed by atoms with Crippen molar-refractivity contribution in [3.63, 3.8) is 0 Å². The molecule has 2 rings (SSSR count). The predicted octanol–water partition coefficient (Wildman–Crippen LogP) is 2.43. The van der Waals surface area contributed by atoms with Crippen LogP contribution >= 0.6 is 0 Å². The highest BCUT2D eigenvalue weighted by Gasteiger charge is 2.11. The van der Waals surface area contributed by atoms with Gasteiger partial charge in [-0.2, -0.15) is 0 Å². The molecule has 2 N–H and O–H groups in total. The van der Waals surface area contributed by atoms with Gasteiger partial charge < -0.3 is 15.4 Å². The molecule has 1 aromatic rings. The maximum atomic E-state index is 6.03. The second kappa shape index (κ2) is 7.78. The summed E-state index contributed by atoms with van der Waals surface area (Å²) in [6, 6.07) is 8.22. The van der Waals surface area contributed by atoms with Gasteiger partial charge in [-0.05, 0) is 49.8 Å². The lowest BCUT2D eigenvalue weighted by Gasteiger charge is -2.27. The number of nitrogens with zero attached hydrogens (tertiary/aromatic N) is 2. The zero-order valence-corrected chi connectivity index (χ0v) is 12.3. The number of guanidine groups is 1. The van der Waals surface area contributed by atoms with Crippen LogP contribution in [0, 0.1) is 0 Å². The fraction of sp³-hybridized carbons (Fsp3) is 0.562. The largest absolute Gasteiger partial charge is 0.497 e. The summed E-state index contributed by atoms with van der Waals surface area (Å²) >= 11 is 0. The Bertz CT molecular complexity index is 422. The van der Waals surface area contributed by atoms with E-state index in [4.69, 9.17) is 10.5 Å². The van der Waals surface area contributed by atoms with Gasteiger partial charge in [0, 0.05) is 19.6 Å². The summed E-state index contributed by atoms with van der Waals surface area (Å²) < 4.78 is 5.15. The number of methoxy groups -OCH3 is 1. The normalized spacial score (nSPS) is 16.2. The lowest BCUT2D eigenvalue weighted by molar-refractivity contribution is 0.338. The standard InChI is InChI=1S/C16H25N3O/c1-20-15-9-7-14(8-10-15)6-5-11-18-16(17)19-12-3-2-4-13-19/h7-10H,2-6,11-13H2,1H3,(H2,17,18). The molecule has 0 unspecified atom stereocenters. The molecule has 0 spiro atoms. The molecule has 1 aliphatic heterocycles. The van der Waals surface area contributed by atoms with Crippen molar-refractivity contribution in [3.8, 4) is 5.75 Å². The predicted molar refractivity (Wildman–Crippen MR) is 83.2 cm³/mol. The van der Waals surface area contributed by atoms with Crippen molar-refractivity contribution in [3.05, 3.63) is 29.8 Å². The molecule has 4 heteroatoms. The molecule has 0 amide bonds. The van der Waals surface area contributed by atoms with Gasteiger partial charge in [0.25, 0.3) is 0 Å². The van der Waals surface area contributed by atoms with Gasteiger partial charge in [0.05, 0.1) is 7.11 Å². The molecule has 1 saturated heterocycles. The van der Waals surface area contributed by atoms with Gasteiger partial charge in [-0.15, -0.1) is 0 Å². The molecule has 1 fully saturated rings. The second-order valence-electron chi connectivity index (χ2n) is 5.24. The number of hydrogen-bond donors (Lipinski definition) is 1. The molecule has 20 heavy (non-hydrogen) atoms. The Labute approximate surface area is 121 Å². The molecular formula is C16H25N3O. The lowest BCUT2D eigenvalue weighted by atomic mass is 10.1. The van der Waals surface area contributed by atoms with E-state index in [-0.39, 0.29) is 0 Å². The number of likely N-dealkylation sites (tertiary alicyclic amines) is 1. The Balaban J connectivity index is 1.71.